The number of aromatic nitrogens is 2. The van der Waals surface area contributed by atoms with Gasteiger partial charge in [-0.3, -0.25) is 9.59 Å². The Balaban J connectivity index is 1.46. The van der Waals surface area contributed by atoms with Crippen molar-refractivity contribution in [1.29, 1.82) is 0 Å². The van der Waals surface area contributed by atoms with E-state index < -0.39 is 0 Å². The molecule has 1 N–H and O–H groups in total. The van der Waals surface area contributed by atoms with E-state index in [2.05, 4.69) is 36.3 Å². The van der Waals surface area contributed by atoms with Crippen molar-refractivity contribution in [1.82, 2.24) is 20.4 Å². The van der Waals surface area contributed by atoms with Gasteiger partial charge in [0.15, 0.2) is 0 Å². The second kappa shape index (κ2) is 9.43. The molecule has 2 amide bonds. The molecule has 0 radical (unpaired) electrons. The molecule has 29 heavy (non-hydrogen) atoms. The number of thioether (sulfide) groups is 1. The van der Waals surface area contributed by atoms with E-state index >= 15 is 0 Å². The number of nitrogens with one attached hydrogen (secondary N) is 1. The number of amides is 2. The molecule has 1 saturated heterocycles. The lowest BCUT2D eigenvalue weighted by atomic mass is 9.87. The highest BCUT2D eigenvalue weighted by Gasteiger charge is 2.18. The summed E-state index contributed by atoms with van der Waals surface area (Å²) in [5, 5.41) is 11.0. The summed E-state index contributed by atoms with van der Waals surface area (Å²) in [6, 6.07) is 7.57. The number of carbonyl (C=O) groups excluding carboxylic acids is 2. The van der Waals surface area contributed by atoms with Crippen LogP contribution in [0.15, 0.2) is 33.9 Å². The summed E-state index contributed by atoms with van der Waals surface area (Å²) in [7, 11) is 0. The highest BCUT2D eigenvalue weighted by molar-refractivity contribution is 7.99. The van der Waals surface area contributed by atoms with E-state index in [4.69, 9.17) is 4.42 Å². The molecule has 0 aliphatic carbocycles. The van der Waals surface area contributed by atoms with Crippen molar-refractivity contribution in [2.45, 2.75) is 57.2 Å². The summed E-state index contributed by atoms with van der Waals surface area (Å²) in [5.41, 5.74) is 1.80. The van der Waals surface area contributed by atoms with Crippen molar-refractivity contribution in [2.75, 3.05) is 18.8 Å². The fourth-order valence-corrected chi connectivity index (χ4v) is 3.79. The zero-order valence-corrected chi connectivity index (χ0v) is 18.1. The number of hydrogen-bond acceptors (Lipinski definition) is 6. The predicted octanol–water partition coefficient (Wildman–Crippen LogP) is 3.40. The van der Waals surface area contributed by atoms with E-state index in [1.165, 1.54) is 23.7 Å². The Bertz CT molecular complexity index is 836. The van der Waals surface area contributed by atoms with Crippen LogP contribution in [0.5, 0.6) is 0 Å². The van der Waals surface area contributed by atoms with Crippen LogP contribution < -0.4 is 5.32 Å². The minimum Gasteiger partial charge on any atom is -0.414 e. The lowest BCUT2D eigenvalue weighted by Crippen LogP contribution is -2.36. The molecular weight excluding hydrogens is 388 g/mol. The number of hydrogen-bond donors (Lipinski definition) is 1. The molecule has 2 aromatic rings. The van der Waals surface area contributed by atoms with Crippen molar-refractivity contribution in [3.8, 4) is 0 Å². The Morgan fingerprint density at radius 1 is 1.10 bits per heavy atom. The first kappa shape index (κ1) is 21.4. The lowest BCUT2D eigenvalue weighted by Gasteiger charge is -2.26. The van der Waals surface area contributed by atoms with Crippen LogP contribution >= 0.6 is 11.8 Å². The fraction of sp³-hybridized carbons (Fsp3) is 0.524. The van der Waals surface area contributed by atoms with Gasteiger partial charge in [-0.15, -0.1) is 10.2 Å². The molecule has 2 heterocycles. The van der Waals surface area contributed by atoms with Crippen molar-refractivity contribution >= 4 is 23.6 Å². The molecule has 1 aromatic carbocycles. The third kappa shape index (κ3) is 6.06. The molecule has 0 saturated carbocycles. The van der Waals surface area contributed by atoms with E-state index in [1.807, 2.05) is 29.2 Å². The van der Waals surface area contributed by atoms with Gasteiger partial charge in [-0.25, -0.2) is 0 Å². The third-order valence-corrected chi connectivity index (χ3v) is 5.69. The fourth-order valence-electron chi connectivity index (χ4n) is 3.11. The van der Waals surface area contributed by atoms with Crippen LogP contribution in [0.4, 0.5) is 0 Å². The molecule has 8 heteroatoms. The van der Waals surface area contributed by atoms with Crippen molar-refractivity contribution < 1.29 is 14.0 Å². The molecular formula is C21H28N4O3S. The monoisotopic (exact) mass is 416 g/mol. The first-order valence-corrected chi connectivity index (χ1v) is 10.9. The van der Waals surface area contributed by atoms with Gasteiger partial charge in [0.25, 0.3) is 11.1 Å². The molecule has 3 rings (SSSR count). The maximum Gasteiger partial charge on any atom is 0.277 e. The molecule has 0 atom stereocenters. The summed E-state index contributed by atoms with van der Waals surface area (Å²) in [4.78, 5) is 26.4. The second-order valence-corrected chi connectivity index (χ2v) is 9.13. The SMILES string of the molecule is CC(C)(C)c1ccc(C(=O)NCc2nnc(SCC(=O)N3CCCCC3)o2)cc1. The van der Waals surface area contributed by atoms with E-state index in [-0.39, 0.29) is 29.5 Å². The standard InChI is InChI=1S/C21H28N4O3S/c1-21(2,3)16-9-7-15(8-10-16)19(27)22-13-17-23-24-20(28-17)29-14-18(26)25-11-5-4-6-12-25/h7-10H,4-6,11-14H2,1-3H3,(H,22,27). The van der Waals surface area contributed by atoms with Crippen LogP contribution in [-0.4, -0.2) is 45.8 Å². The topological polar surface area (TPSA) is 88.3 Å². The summed E-state index contributed by atoms with van der Waals surface area (Å²) in [6.45, 7) is 8.20. The van der Waals surface area contributed by atoms with Gasteiger partial charge in [-0.2, -0.15) is 0 Å². The van der Waals surface area contributed by atoms with Gasteiger partial charge >= 0.3 is 0 Å². The number of likely N-dealkylation sites (tertiary alicyclic amines) is 1. The maximum atomic E-state index is 12.3. The molecule has 1 aliphatic rings. The molecule has 1 fully saturated rings. The number of piperidine rings is 1. The maximum absolute atomic E-state index is 12.3. The van der Waals surface area contributed by atoms with Gasteiger partial charge in [-0.05, 0) is 42.4 Å². The summed E-state index contributed by atoms with van der Waals surface area (Å²) in [5.74, 6) is 0.505. The molecule has 7 nitrogen and oxygen atoms in total. The van der Waals surface area contributed by atoms with Crippen molar-refractivity contribution in [2.24, 2.45) is 0 Å². The minimum absolute atomic E-state index is 0.0439. The normalized spacial score (nSPS) is 14.7. The smallest absolute Gasteiger partial charge is 0.277 e. The van der Waals surface area contributed by atoms with Crippen LogP contribution in [0.1, 0.15) is 61.8 Å². The molecule has 1 aliphatic heterocycles. The zero-order chi connectivity index (χ0) is 20.9. The van der Waals surface area contributed by atoms with Gasteiger partial charge in [0.05, 0.1) is 12.3 Å². The predicted molar refractivity (Wildman–Crippen MR) is 112 cm³/mol. The van der Waals surface area contributed by atoms with E-state index in [1.54, 1.807) is 0 Å². The average Bonchev–Trinajstić information content (AvgIpc) is 3.18. The van der Waals surface area contributed by atoms with Gasteiger partial charge in [0.2, 0.25) is 11.8 Å². The number of nitrogens with zero attached hydrogens (tertiary/aromatic N) is 3. The van der Waals surface area contributed by atoms with E-state index in [0.29, 0.717) is 16.7 Å². The number of carbonyl (C=O) groups is 2. The van der Waals surface area contributed by atoms with Crippen molar-refractivity contribution in [3.05, 3.63) is 41.3 Å². The van der Waals surface area contributed by atoms with Gasteiger partial charge in [-0.1, -0.05) is 44.7 Å². The van der Waals surface area contributed by atoms with E-state index in [9.17, 15) is 9.59 Å². The Kier molecular flexibility index (Phi) is 6.95. The van der Waals surface area contributed by atoms with Gasteiger partial charge in [0.1, 0.15) is 0 Å². The first-order valence-electron chi connectivity index (χ1n) is 9.94. The van der Waals surface area contributed by atoms with Crippen LogP contribution in [0.2, 0.25) is 0 Å². The average molecular weight is 417 g/mol. The molecule has 0 unspecified atom stereocenters. The Hall–Kier alpha value is -2.35. The third-order valence-electron chi connectivity index (χ3n) is 4.89. The molecule has 0 spiro atoms. The Morgan fingerprint density at radius 3 is 2.45 bits per heavy atom. The van der Waals surface area contributed by atoms with E-state index in [0.717, 1.165) is 25.9 Å². The second-order valence-electron chi connectivity index (χ2n) is 8.20. The van der Waals surface area contributed by atoms with Crippen LogP contribution in [0.3, 0.4) is 0 Å². The summed E-state index contributed by atoms with van der Waals surface area (Å²) in [6.07, 6.45) is 3.33. The van der Waals surface area contributed by atoms with Crippen LogP contribution in [-0.2, 0) is 16.8 Å². The lowest BCUT2D eigenvalue weighted by molar-refractivity contribution is -0.129. The number of benzene rings is 1. The first-order chi connectivity index (χ1) is 13.8. The van der Waals surface area contributed by atoms with Crippen LogP contribution in [0.25, 0.3) is 0 Å². The Morgan fingerprint density at radius 2 is 1.79 bits per heavy atom. The highest BCUT2D eigenvalue weighted by atomic mass is 32.2. The molecule has 156 valence electrons. The van der Waals surface area contributed by atoms with Gasteiger partial charge < -0.3 is 14.6 Å². The zero-order valence-electron chi connectivity index (χ0n) is 17.2. The minimum atomic E-state index is -0.196. The Labute approximate surface area is 175 Å². The molecule has 0 bridgehead atoms. The summed E-state index contributed by atoms with van der Waals surface area (Å²) < 4.78 is 5.53. The number of rotatable bonds is 6. The quantitative estimate of drug-likeness (QED) is 0.726. The van der Waals surface area contributed by atoms with Gasteiger partial charge in [0, 0.05) is 18.7 Å². The largest absolute Gasteiger partial charge is 0.414 e. The van der Waals surface area contributed by atoms with Crippen molar-refractivity contribution in [3.63, 3.8) is 0 Å². The summed E-state index contributed by atoms with van der Waals surface area (Å²) >= 11 is 1.23. The van der Waals surface area contributed by atoms with Crippen LogP contribution in [0, 0.1) is 0 Å². The highest BCUT2D eigenvalue weighted by Crippen LogP contribution is 2.22. The molecule has 1 aromatic heterocycles.